The summed E-state index contributed by atoms with van der Waals surface area (Å²) in [5.41, 5.74) is 0. The second-order valence-electron chi connectivity index (χ2n) is 3.26. The van der Waals surface area contributed by atoms with Crippen LogP contribution in [0.15, 0.2) is 0 Å². The number of rotatable bonds is 2. The molecule has 1 aliphatic rings. The number of aliphatic hydroxyl groups excluding tert-OH is 2. The van der Waals surface area contributed by atoms with Crippen molar-refractivity contribution in [3.63, 3.8) is 0 Å². The molecule has 0 unspecified atom stereocenters. The van der Waals surface area contributed by atoms with E-state index in [1.165, 1.54) is 0 Å². The summed E-state index contributed by atoms with van der Waals surface area (Å²) in [5, 5.41) is 21.8. The molecule has 0 aromatic heterocycles. The molecule has 0 aromatic rings. The molecule has 3 heteroatoms. The van der Waals surface area contributed by atoms with Crippen molar-refractivity contribution >= 4 is 0 Å². The molecule has 3 atom stereocenters. The van der Waals surface area contributed by atoms with Gasteiger partial charge in [-0.3, -0.25) is 0 Å². The number of β-amino-alcohol motifs (C(OH)–C–C–N with tert-alkyl or cyclic N) is 1. The predicted molar refractivity (Wildman–Crippen MR) is 43.3 cm³/mol. The van der Waals surface area contributed by atoms with Gasteiger partial charge in [0, 0.05) is 13.1 Å². The normalized spacial score (nSPS) is 39.0. The van der Waals surface area contributed by atoms with Crippen LogP contribution in [0.2, 0.25) is 0 Å². The average molecular weight is 159 g/mol. The van der Waals surface area contributed by atoms with Gasteiger partial charge in [0.1, 0.15) is 0 Å². The van der Waals surface area contributed by atoms with E-state index in [-0.39, 0.29) is 5.92 Å². The molecule has 3 nitrogen and oxygen atoms in total. The molecule has 11 heavy (non-hydrogen) atoms. The number of hydrogen-bond acceptors (Lipinski definition) is 3. The fraction of sp³-hybridized carbons (Fsp3) is 1.00. The molecule has 0 bridgehead atoms. The van der Waals surface area contributed by atoms with Crippen LogP contribution in [-0.2, 0) is 0 Å². The molecule has 0 aromatic carbocycles. The van der Waals surface area contributed by atoms with Gasteiger partial charge in [-0.05, 0) is 12.3 Å². The standard InChI is InChI=1S/C8H17NO2/c1-2-3-6-4-9-5-7(10)8(6)11/h6-11H,2-5H2,1H3/t6-,7+,8+/m0/s1. The molecule has 66 valence electrons. The van der Waals surface area contributed by atoms with E-state index in [9.17, 15) is 10.2 Å². The summed E-state index contributed by atoms with van der Waals surface area (Å²) >= 11 is 0. The summed E-state index contributed by atoms with van der Waals surface area (Å²) in [4.78, 5) is 0. The number of piperidine rings is 1. The van der Waals surface area contributed by atoms with Crippen LogP contribution in [-0.4, -0.2) is 35.5 Å². The predicted octanol–water partition coefficient (Wildman–Crippen LogP) is -0.272. The van der Waals surface area contributed by atoms with E-state index in [2.05, 4.69) is 12.2 Å². The Hall–Kier alpha value is -0.120. The minimum absolute atomic E-state index is 0.240. The summed E-state index contributed by atoms with van der Waals surface area (Å²) in [6, 6.07) is 0. The van der Waals surface area contributed by atoms with Gasteiger partial charge in [0.05, 0.1) is 12.2 Å². The molecular weight excluding hydrogens is 142 g/mol. The third-order valence-electron chi connectivity index (χ3n) is 2.30. The number of hydrogen-bond donors (Lipinski definition) is 3. The van der Waals surface area contributed by atoms with Crippen molar-refractivity contribution in [2.45, 2.75) is 32.0 Å². The lowest BCUT2D eigenvalue weighted by molar-refractivity contribution is -0.0371. The third-order valence-corrected chi connectivity index (χ3v) is 2.30. The van der Waals surface area contributed by atoms with Crippen LogP contribution in [0, 0.1) is 5.92 Å². The number of nitrogens with one attached hydrogen (secondary N) is 1. The Labute approximate surface area is 67.4 Å². The van der Waals surface area contributed by atoms with Crippen molar-refractivity contribution in [2.75, 3.05) is 13.1 Å². The van der Waals surface area contributed by atoms with Gasteiger partial charge in [0.15, 0.2) is 0 Å². The maximum absolute atomic E-state index is 9.48. The van der Waals surface area contributed by atoms with Gasteiger partial charge >= 0.3 is 0 Å². The van der Waals surface area contributed by atoms with Gasteiger partial charge in [0.25, 0.3) is 0 Å². The van der Waals surface area contributed by atoms with Crippen LogP contribution in [0.25, 0.3) is 0 Å². The van der Waals surface area contributed by atoms with Crippen molar-refractivity contribution < 1.29 is 10.2 Å². The van der Waals surface area contributed by atoms with Gasteiger partial charge in [-0.25, -0.2) is 0 Å². The summed E-state index contributed by atoms with van der Waals surface area (Å²) in [6.07, 6.45) is 0.970. The maximum Gasteiger partial charge on any atom is 0.0926 e. The average Bonchev–Trinajstić information content (AvgIpc) is 1.99. The zero-order chi connectivity index (χ0) is 8.27. The first-order valence-corrected chi connectivity index (χ1v) is 4.32. The smallest absolute Gasteiger partial charge is 0.0926 e. The largest absolute Gasteiger partial charge is 0.390 e. The number of aliphatic hydroxyl groups is 2. The highest BCUT2D eigenvalue weighted by atomic mass is 16.3. The van der Waals surface area contributed by atoms with Crippen molar-refractivity contribution in [3.05, 3.63) is 0 Å². The van der Waals surface area contributed by atoms with E-state index >= 15 is 0 Å². The van der Waals surface area contributed by atoms with Crippen LogP contribution >= 0.6 is 0 Å². The Morgan fingerprint density at radius 1 is 1.36 bits per heavy atom. The van der Waals surface area contributed by atoms with Gasteiger partial charge in [0.2, 0.25) is 0 Å². The van der Waals surface area contributed by atoms with Crippen LogP contribution in [0.1, 0.15) is 19.8 Å². The van der Waals surface area contributed by atoms with Crippen molar-refractivity contribution in [1.82, 2.24) is 5.32 Å². The highest BCUT2D eigenvalue weighted by Gasteiger charge is 2.29. The van der Waals surface area contributed by atoms with Gasteiger partial charge in [-0.2, -0.15) is 0 Å². The molecule has 1 saturated heterocycles. The fourth-order valence-corrected chi connectivity index (χ4v) is 1.62. The molecular formula is C8H17NO2. The monoisotopic (exact) mass is 159 g/mol. The Morgan fingerprint density at radius 2 is 2.09 bits per heavy atom. The lowest BCUT2D eigenvalue weighted by Crippen LogP contribution is -2.50. The Kier molecular flexibility index (Phi) is 3.30. The Bertz CT molecular complexity index is 117. The first-order chi connectivity index (χ1) is 5.25. The summed E-state index contributed by atoms with van der Waals surface area (Å²) in [6.45, 7) is 3.46. The van der Waals surface area contributed by atoms with Crippen LogP contribution in [0.5, 0.6) is 0 Å². The molecule has 1 aliphatic heterocycles. The quantitative estimate of drug-likeness (QED) is 0.520. The molecule has 3 N–H and O–H groups in total. The Balaban J connectivity index is 2.38. The van der Waals surface area contributed by atoms with Crippen molar-refractivity contribution in [2.24, 2.45) is 5.92 Å². The van der Waals surface area contributed by atoms with E-state index in [1.54, 1.807) is 0 Å². The van der Waals surface area contributed by atoms with E-state index in [0.29, 0.717) is 6.54 Å². The van der Waals surface area contributed by atoms with E-state index in [1.807, 2.05) is 0 Å². The van der Waals surface area contributed by atoms with E-state index in [4.69, 9.17) is 0 Å². The van der Waals surface area contributed by atoms with Gasteiger partial charge in [-0.15, -0.1) is 0 Å². The van der Waals surface area contributed by atoms with E-state index in [0.717, 1.165) is 19.4 Å². The van der Waals surface area contributed by atoms with E-state index < -0.39 is 12.2 Å². The zero-order valence-corrected chi connectivity index (χ0v) is 6.95. The molecule has 0 amide bonds. The lowest BCUT2D eigenvalue weighted by atomic mass is 9.90. The topological polar surface area (TPSA) is 52.5 Å². The van der Waals surface area contributed by atoms with Crippen LogP contribution in [0.3, 0.4) is 0 Å². The SMILES string of the molecule is CCC[C@H]1CNC[C@@H](O)[C@@H]1O. The molecule has 1 rings (SSSR count). The second kappa shape index (κ2) is 4.04. The molecule has 0 saturated carbocycles. The zero-order valence-electron chi connectivity index (χ0n) is 6.95. The van der Waals surface area contributed by atoms with Crippen molar-refractivity contribution in [1.29, 1.82) is 0 Å². The second-order valence-corrected chi connectivity index (χ2v) is 3.26. The molecule has 1 heterocycles. The van der Waals surface area contributed by atoms with Crippen molar-refractivity contribution in [3.8, 4) is 0 Å². The molecule has 0 radical (unpaired) electrons. The van der Waals surface area contributed by atoms with Crippen LogP contribution in [0.4, 0.5) is 0 Å². The third kappa shape index (κ3) is 2.15. The maximum atomic E-state index is 9.48. The lowest BCUT2D eigenvalue weighted by Gasteiger charge is -2.32. The first kappa shape index (κ1) is 8.97. The molecule has 0 spiro atoms. The minimum Gasteiger partial charge on any atom is -0.390 e. The fourth-order valence-electron chi connectivity index (χ4n) is 1.62. The van der Waals surface area contributed by atoms with Crippen LogP contribution < -0.4 is 5.32 Å². The Morgan fingerprint density at radius 3 is 2.73 bits per heavy atom. The summed E-state index contributed by atoms with van der Waals surface area (Å²) in [7, 11) is 0. The van der Waals surface area contributed by atoms with Gasteiger partial charge < -0.3 is 15.5 Å². The molecule has 0 aliphatic carbocycles. The highest BCUT2D eigenvalue weighted by molar-refractivity contribution is 4.83. The highest BCUT2D eigenvalue weighted by Crippen LogP contribution is 2.16. The summed E-state index contributed by atoms with van der Waals surface area (Å²) in [5.74, 6) is 0.240. The van der Waals surface area contributed by atoms with Gasteiger partial charge in [-0.1, -0.05) is 13.3 Å². The summed E-state index contributed by atoms with van der Waals surface area (Å²) < 4.78 is 0. The minimum atomic E-state index is -0.569. The molecule has 1 fully saturated rings. The first-order valence-electron chi connectivity index (χ1n) is 4.32.